The second kappa shape index (κ2) is 12.5. The Labute approximate surface area is 288 Å². The van der Waals surface area contributed by atoms with Gasteiger partial charge in [-0.3, -0.25) is 19.3 Å². The number of benzene rings is 2. The van der Waals surface area contributed by atoms with Gasteiger partial charge in [0.15, 0.2) is 24.6 Å². The molecule has 50 heavy (non-hydrogen) atoms. The van der Waals surface area contributed by atoms with Crippen LogP contribution in [0.1, 0.15) is 82.7 Å². The molecule has 0 aromatic heterocycles. The fraction of sp³-hybridized carbons (Fsp3) is 0.571. The topological polar surface area (TPSA) is 209 Å². The zero-order chi connectivity index (χ0) is 35.9. The van der Waals surface area contributed by atoms with Gasteiger partial charge >= 0.3 is 0 Å². The third-order valence-electron chi connectivity index (χ3n) is 10.3. The molecule has 3 saturated heterocycles. The van der Waals surface area contributed by atoms with Crippen LogP contribution in [0.25, 0.3) is 0 Å². The van der Waals surface area contributed by atoms with E-state index in [4.69, 9.17) is 34.2 Å². The third-order valence-corrected chi connectivity index (χ3v) is 10.3. The number of methoxy groups -OCH3 is 2. The zero-order valence-electron chi connectivity index (χ0n) is 28.6. The Morgan fingerprint density at radius 1 is 1.12 bits per heavy atom. The summed E-state index contributed by atoms with van der Waals surface area (Å²) in [6.45, 7) is 6.29. The van der Waals surface area contributed by atoms with Gasteiger partial charge in [-0.1, -0.05) is 12.1 Å². The van der Waals surface area contributed by atoms with Gasteiger partial charge in [0.1, 0.15) is 29.0 Å². The monoisotopic (exact) mass is 697 g/mol. The van der Waals surface area contributed by atoms with Crippen molar-refractivity contribution in [3.8, 4) is 17.2 Å². The predicted octanol–water partition coefficient (Wildman–Crippen LogP) is 1.00. The number of carbonyl (C=O) groups excluding carboxylic acids is 3. The summed E-state index contributed by atoms with van der Waals surface area (Å²) >= 11 is 0. The fourth-order valence-electron chi connectivity index (χ4n) is 7.98. The number of nitrogens with two attached hydrogens (primary N) is 1. The average Bonchev–Trinajstić information content (AvgIpc) is 3.46. The van der Waals surface area contributed by atoms with E-state index in [0.29, 0.717) is 19.6 Å². The molecule has 3 heterocycles. The third kappa shape index (κ3) is 5.56. The normalized spacial score (nSPS) is 32.0. The summed E-state index contributed by atoms with van der Waals surface area (Å²) in [6, 6.07) is 4.32. The lowest BCUT2D eigenvalue weighted by molar-refractivity contribution is -0.256. The van der Waals surface area contributed by atoms with Crippen molar-refractivity contribution in [1.82, 2.24) is 10.2 Å². The number of carbonyl (C=O) groups is 3. The molecule has 3 aliphatic heterocycles. The predicted molar refractivity (Wildman–Crippen MR) is 173 cm³/mol. The van der Waals surface area contributed by atoms with Crippen LogP contribution in [0.2, 0.25) is 0 Å². The number of phenols is 2. The number of aliphatic hydroxyl groups is 1. The van der Waals surface area contributed by atoms with E-state index in [1.807, 2.05) is 6.92 Å². The van der Waals surface area contributed by atoms with Crippen molar-refractivity contribution in [3.05, 3.63) is 51.6 Å². The van der Waals surface area contributed by atoms with Crippen LogP contribution in [0.5, 0.6) is 17.2 Å². The quantitative estimate of drug-likeness (QED) is 0.218. The van der Waals surface area contributed by atoms with Gasteiger partial charge in [-0.2, -0.15) is 0 Å². The summed E-state index contributed by atoms with van der Waals surface area (Å²) in [5.74, 6) is -3.35. The largest absolute Gasteiger partial charge is 0.507 e. The maximum Gasteiger partial charge on any atom is 0.252 e. The molecule has 1 amide bonds. The second-order valence-corrected chi connectivity index (χ2v) is 14.4. The number of hydrogen-bond donors (Lipinski definition) is 5. The lowest BCUT2D eigenvalue weighted by atomic mass is 9.72. The van der Waals surface area contributed by atoms with Gasteiger partial charge in [0.2, 0.25) is 5.78 Å². The number of nitrogens with zero attached hydrogens (tertiary/aromatic N) is 1. The lowest BCUT2D eigenvalue weighted by Crippen LogP contribution is -2.56. The number of ether oxygens (including phenoxy) is 6. The van der Waals surface area contributed by atoms with Crippen molar-refractivity contribution in [1.29, 1.82) is 0 Å². The SMILES string of the molecule is COc1cccc2c1C(=O)c1c(O)c3c(c(O)c1C2=O)C[C@@](O)(C(=O)NCC(C)(C)N)C[C@@H]3O[C@H]1C[C@H]2[C@H](O[C@@H]3[C@@H](OC)OCCN32)[C@H](C)O1. The number of ketones is 2. The van der Waals surface area contributed by atoms with Crippen molar-refractivity contribution in [2.75, 3.05) is 33.9 Å². The lowest BCUT2D eigenvalue weighted by Gasteiger charge is -2.43. The Morgan fingerprint density at radius 3 is 2.56 bits per heavy atom. The van der Waals surface area contributed by atoms with Gasteiger partial charge in [0, 0.05) is 67.7 Å². The Hall–Kier alpha value is -3.67. The molecule has 2 aromatic carbocycles. The molecule has 0 unspecified atom stereocenters. The molecule has 15 nitrogen and oxygen atoms in total. The van der Waals surface area contributed by atoms with Crippen LogP contribution in [0.15, 0.2) is 18.2 Å². The van der Waals surface area contributed by atoms with Crippen LogP contribution >= 0.6 is 0 Å². The van der Waals surface area contributed by atoms with E-state index in [-0.39, 0.29) is 53.1 Å². The van der Waals surface area contributed by atoms with E-state index in [2.05, 4.69) is 10.2 Å². The molecule has 5 aliphatic rings. The van der Waals surface area contributed by atoms with Crippen LogP contribution in [0.3, 0.4) is 0 Å². The summed E-state index contributed by atoms with van der Waals surface area (Å²) < 4.78 is 35.7. The van der Waals surface area contributed by atoms with Gasteiger partial charge in [-0.15, -0.1) is 0 Å². The molecule has 15 heteroatoms. The smallest absolute Gasteiger partial charge is 0.252 e. The minimum atomic E-state index is -2.18. The van der Waals surface area contributed by atoms with Crippen molar-refractivity contribution in [2.24, 2.45) is 5.73 Å². The molecule has 0 saturated carbocycles. The molecule has 0 bridgehead atoms. The van der Waals surface area contributed by atoms with Gasteiger partial charge in [0.25, 0.3) is 5.91 Å². The number of hydrogen-bond acceptors (Lipinski definition) is 14. The van der Waals surface area contributed by atoms with Gasteiger partial charge < -0.3 is 54.8 Å². The number of fused-ring (bicyclic) bond motifs is 6. The highest BCUT2D eigenvalue weighted by Gasteiger charge is 2.55. The number of morpholine rings is 1. The van der Waals surface area contributed by atoms with E-state index in [9.17, 15) is 29.7 Å². The number of rotatable bonds is 7. The highest BCUT2D eigenvalue weighted by Crippen LogP contribution is 2.53. The first-order valence-electron chi connectivity index (χ1n) is 16.7. The van der Waals surface area contributed by atoms with Crippen molar-refractivity contribution in [3.63, 3.8) is 0 Å². The first-order valence-corrected chi connectivity index (χ1v) is 16.7. The fourth-order valence-corrected chi connectivity index (χ4v) is 7.98. The minimum absolute atomic E-state index is 0.0200. The first kappa shape index (κ1) is 34.8. The highest BCUT2D eigenvalue weighted by molar-refractivity contribution is 6.31. The van der Waals surface area contributed by atoms with Gasteiger partial charge in [0.05, 0.1) is 42.6 Å². The van der Waals surface area contributed by atoms with Gasteiger partial charge in [-0.25, -0.2) is 0 Å². The molecule has 270 valence electrons. The summed E-state index contributed by atoms with van der Waals surface area (Å²) in [5.41, 5.74) is 2.06. The molecule has 7 rings (SSSR count). The number of aromatic hydroxyl groups is 2. The standard InChI is InChI=1S/C35H43N3O12/c1-15-30-18(38-9-10-47-32(46-5)31(38)50-30)11-21(48-15)49-20-13-35(44,33(43)37-14-34(2,3)36)12-17-23(20)29(42)25-24(27(17)40)26(39)16-7-6-8-19(45-4)22(16)28(25)41/h6-8,15,18,20-21,30-32,40,42,44H,9-14,36H2,1-5H3,(H,37,43)/t15-,18-,20-,21-,30+,31+,32-,35-/m0/s1. The Kier molecular flexibility index (Phi) is 8.71. The van der Waals surface area contributed by atoms with E-state index >= 15 is 0 Å². The van der Waals surface area contributed by atoms with Crippen molar-refractivity contribution in [2.45, 2.75) is 94.3 Å². The van der Waals surface area contributed by atoms with Crippen LogP contribution in [-0.4, -0.2) is 120 Å². The zero-order valence-corrected chi connectivity index (χ0v) is 28.6. The average molecular weight is 698 g/mol. The minimum Gasteiger partial charge on any atom is -0.507 e. The van der Waals surface area contributed by atoms with Crippen molar-refractivity contribution >= 4 is 17.5 Å². The van der Waals surface area contributed by atoms with E-state index in [0.717, 1.165) is 0 Å². The molecule has 2 aliphatic carbocycles. The van der Waals surface area contributed by atoms with Crippen LogP contribution < -0.4 is 15.8 Å². The molecular weight excluding hydrogens is 654 g/mol. The molecule has 6 N–H and O–H groups in total. The maximum absolute atomic E-state index is 14.0. The number of amides is 1. The number of phenolic OH excluding ortho intramolecular Hbond substituents is 2. The van der Waals surface area contributed by atoms with Crippen LogP contribution in [0, 0.1) is 0 Å². The van der Waals surface area contributed by atoms with E-state index in [1.165, 1.54) is 25.3 Å². The summed E-state index contributed by atoms with van der Waals surface area (Å²) in [4.78, 5) is 43.7. The number of nitrogens with one attached hydrogen (secondary N) is 1. The summed E-state index contributed by atoms with van der Waals surface area (Å²) in [6.07, 6.45) is -4.62. The van der Waals surface area contributed by atoms with Crippen molar-refractivity contribution < 1.29 is 58.1 Å². The van der Waals surface area contributed by atoms with E-state index in [1.54, 1.807) is 21.0 Å². The van der Waals surface area contributed by atoms with Crippen LogP contribution in [-0.2, 0) is 34.9 Å². The Bertz CT molecular complexity index is 1740. The maximum atomic E-state index is 14.0. The first-order chi connectivity index (χ1) is 23.7. The van der Waals surface area contributed by atoms with Crippen LogP contribution in [0.4, 0.5) is 0 Å². The Balaban J connectivity index is 1.29. The summed E-state index contributed by atoms with van der Waals surface area (Å²) in [7, 11) is 2.90. The Morgan fingerprint density at radius 2 is 1.86 bits per heavy atom. The summed E-state index contributed by atoms with van der Waals surface area (Å²) in [5, 5.41) is 38.3. The molecule has 0 spiro atoms. The molecule has 8 atom stereocenters. The van der Waals surface area contributed by atoms with Gasteiger partial charge in [-0.05, 0) is 26.8 Å². The molecule has 2 aromatic rings. The van der Waals surface area contributed by atoms with E-state index < -0.39 is 88.7 Å². The molecule has 0 radical (unpaired) electrons. The second-order valence-electron chi connectivity index (χ2n) is 14.4. The highest BCUT2D eigenvalue weighted by atomic mass is 16.7. The molecule has 3 fully saturated rings. The molecular formula is C35H43N3O12.